The summed E-state index contributed by atoms with van der Waals surface area (Å²) in [6.07, 6.45) is 4.95. The number of amides is 2. The van der Waals surface area contributed by atoms with Gasteiger partial charge in [0, 0.05) is 25.7 Å². The summed E-state index contributed by atoms with van der Waals surface area (Å²) in [4.78, 5) is 26.3. The quantitative estimate of drug-likeness (QED) is 0.732. The molecule has 1 unspecified atom stereocenters. The minimum Gasteiger partial charge on any atom is -0.481 e. The molecule has 1 N–H and O–H groups in total. The number of likely N-dealkylation sites (tertiary alicyclic amines) is 1. The van der Waals surface area contributed by atoms with Gasteiger partial charge in [0.05, 0.1) is 6.42 Å². The third-order valence-electron chi connectivity index (χ3n) is 3.00. The second kappa shape index (κ2) is 6.83. The Labute approximate surface area is 107 Å². The van der Waals surface area contributed by atoms with E-state index < -0.39 is 5.97 Å². The van der Waals surface area contributed by atoms with Gasteiger partial charge < -0.3 is 14.9 Å². The predicted molar refractivity (Wildman–Crippen MR) is 69.3 cm³/mol. The van der Waals surface area contributed by atoms with Gasteiger partial charge in [0.15, 0.2) is 0 Å². The maximum atomic E-state index is 12.3. The van der Waals surface area contributed by atoms with Gasteiger partial charge in [-0.3, -0.25) is 4.79 Å². The average Bonchev–Trinajstić information content (AvgIpc) is 2.75. The highest BCUT2D eigenvalue weighted by molar-refractivity contribution is 5.77. The van der Waals surface area contributed by atoms with Crippen molar-refractivity contribution < 1.29 is 14.7 Å². The summed E-state index contributed by atoms with van der Waals surface area (Å²) in [5.74, 6) is -0.862. The van der Waals surface area contributed by atoms with E-state index in [1.54, 1.807) is 22.0 Å². The van der Waals surface area contributed by atoms with Crippen LogP contribution in [0.15, 0.2) is 25.3 Å². The van der Waals surface area contributed by atoms with Crippen LogP contribution in [-0.2, 0) is 4.79 Å². The highest BCUT2D eigenvalue weighted by Crippen LogP contribution is 2.21. The van der Waals surface area contributed by atoms with Crippen LogP contribution in [-0.4, -0.2) is 52.6 Å². The van der Waals surface area contributed by atoms with Gasteiger partial charge in [-0.25, -0.2) is 4.79 Å². The molecular formula is C13H20N2O3. The fourth-order valence-corrected chi connectivity index (χ4v) is 2.23. The van der Waals surface area contributed by atoms with Crippen LogP contribution in [0.1, 0.15) is 19.3 Å². The number of aliphatic carboxylic acids is 1. The van der Waals surface area contributed by atoms with Gasteiger partial charge >= 0.3 is 12.0 Å². The van der Waals surface area contributed by atoms with Gasteiger partial charge in [-0.1, -0.05) is 12.2 Å². The number of urea groups is 1. The third kappa shape index (κ3) is 3.61. The molecule has 1 aliphatic heterocycles. The Balaban J connectivity index is 2.69. The molecule has 0 aromatic carbocycles. The lowest BCUT2D eigenvalue weighted by Crippen LogP contribution is -2.46. The van der Waals surface area contributed by atoms with Gasteiger partial charge in [-0.05, 0) is 12.8 Å². The molecule has 1 heterocycles. The number of rotatable bonds is 6. The van der Waals surface area contributed by atoms with Gasteiger partial charge in [-0.2, -0.15) is 0 Å². The van der Waals surface area contributed by atoms with Crippen LogP contribution in [0.3, 0.4) is 0 Å². The van der Waals surface area contributed by atoms with Crippen molar-refractivity contribution in [1.29, 1.82) is 0 Å². The lowest BCUT2D eigenvalue weighted by molar-refractivity contribution is -0.138. The van der Waals surface area contributed by atoms with E-state index in [4.69, 9.17) is 5.11 Å². The molecule has 18 heavy (non-hydrogen) atoms. The number of hydrogen-bond acceptors (Lipinski definition) is 2. The van der Waals surface area contributed by atoms with E-state index in [2.05, 4.69) is 13.2 Å². The standard InChI is InChI=1S/C13H20N2O3/c1-3-7-14(8-4-2)13(18)15-9-5-6-11(15)10-12(16)17/h3-4,11H,1-2,5-10H2,(H,16,17). The lowest BCUT2D eigenvalue weighted by atomic mass is 10.1. The van der Waals surface area contributed by atoms with Crippen LogP contribution in [0.4, 0.5) is 4.79 Å². The van der Waals surface area contributed by atoms with E-state index in [1.807, 2.05) is 0 Å². The van der Waals surface area contributed by atoms with Gasteiger partial charge in [0.1, 0.15) is 0 Å². The molecule has 5 heteroatoms. The van der Waals surface area contributed by atoms with Crippen LogP contribution in [0.5, 0.6) is 0 Å². The van der Waals surface area contributed by atoms with Gasteiger partial charge in [-0.15, -0.1) is 13.2 Å². The molecule has 1 aliphatic rings. The molecule has 2 amide bonds. The van der Waals surface area contributed by atoms with E-state index in [-0.39, 0.29) is 18.5 Å². The largest absolute Gasteiger partial charge is 0.481 e. The zero-order chi connectivity index (χ0) is 13.5. The molecule has 0 aromatic heterocycles. The molecule has 0 saturated carbocycles. The zero-order valence-corrected chi connectivity index (χ0v) is 10.5. The minimum atomic E-state index is -0.862. The normalized spacial score (nSPS) is 18.4. The van der Waals surface area contributed by atoms with Crippen molar-refractivity contribution in [2.75, 3.05) is 19.6 Å². The molecule has 1 atom stereocenters. The Morgan fingerprint density at radius 3 is 2.44 bits per heavy atom. The first-order valence-corrected chi connectivity index (χ1v) is 6.09. The SMILES string of the molecule is C=CCN(CC=C)C(=O)N1CCCC1CC(=O)O. The van der Waals surface area contributed by atoms with E-state index in [1.165, 1.54) is 0 Å². The highest BCUT2D eigenvalue weighted by Gasteiger charge is 2.32. The number of carboxylic acids is 1. The third-order valence-corrected chi connectivity index (χ3v) is 3.00. The average molecular weight is 252 g/mol. The number of hydrogen-bond donors (Lipinski definition) is 1. The number of carbonyl (C=O) groups is 2. The molecule has 0 aliphatic carbocycles. The topological polar surface area (TPSA) is 60.9 Å². The predicted octanol–water partition coefficient (Wildman–Crippen LogP) is 1.72. The van der Waals surface area contributed by atoms with E-state index >= 15 is 0 Å². The maximum absolute atomic E-state index is 12.3. The minimum absolute atomic E-state index is 0.0156. The molecule has 100 valence electrons. The lowest BCUT2D eigenvalue weighted by Gasteiger charge is -2.30. The molecular weight excluding hydrogens is 232 g/mol. The van der Waals surface area contributed by atoms with Crippen LogP contribution in [0, 0.1) is 0 Å². The van der Waals surface area contributed by atoms with Crippen molar-refractivity contribution >= 4 is 12.0 Å². The Morgan fingerprint density at radius 2 is 1.94 bits per heavy atom. The van der Waals surface area contributed by atoms with E-state index in [0.29, 0.717) is 19.6 Å². The molecule has 1 rings (SSSR count). The number of nitrogens with zero attached hydrogens (tertiary/aromatic N) is 2. The van der Waals surface area contributed by atoms with Crippen LogP contribution in [0.25, 0.3) is 0 Å². The van der Waals surface area contributed by atoms with Crippen molar-refractivity contribution in [2.24, 2.45) is 0 Å². The summed E-state index contributed by atoms with van der Waals surface area (Å²) in [5, 5.41) is 8.83. The Kier molecular flexibility index (Phi) is 5.42. The molecule has 1 saturated heterocycles. The fourth-order valence-electron chi connectivity index (χ4n) is 2.23. The van der Waals surface area contributed by atoms with Crippen molar-refractivity contribution in [2.45, 2.75) is 25.3 Å². The monoisotopic (exact) mass is 252 g/mol. The summed E-state index contributed by atoms with van der Waals surface area (Å²) in [7, 11) is 0. The van der Waals surface area contributed by atoms with Crippen LogP contribution >= 0.6 is 0 Å². The highest BCUT2D eigenvalue weighted by atomic mass is 16.4. The first kappa shape index (κ1) is 14.3. The zero-order valence-electron chi connectivity index (χ0n) is 10.5. The number of carboxylic acid groups (broad SMARTS) is 1. The van der Waals surface area contributed by atoms with Gasteiger partial charge in [0.2, 0.25) is 0 Å². The van der Waals surface area contributed by atoms with Crippen molar-refractivity contribution in [3.8, 4) is 0 Å². The van der Waals surface area contributed by atoms with E-state index in [9.17, 15) is 9.59 Å². The Bertz CT molecular complexity index is 331. The second-order valence-electron chi connectivity index (χ2n) is 4.35. The van der Waals surface area contributed by atoms with Crippen LogP contribution in [0.2, 0.25) is 0 Å². The molecule has 0 aromatic rings. The summed E-state index contributed by atoms with van der Waals surface area (Å²) < 4.78 is 0. The second-order valence-corrected chi connectivity index (χ2v) is 4.35. The molecule has 5 nitrogen and oxygen atoms in total. The van der Waals surface area contributed by atoms with E-state index in [0.717, 1.165) is 12.8 Å². The molecule has 0 radical (unpaired) electrons. The van der Waals surface area contributed by atoms with Crippen LogP contribution < -0.4 is 0 Å². The number of carbonyl (C=O) groups excluding carboxylic acids is 1. The first-order valence-electron chi connectivity index (χ1n) is 6.09. The van der Waals surface area contributed by atoms with Crippen molar-refractivity contribution in [3.05, 3.63) is 25.3 Å². The fraction of sp³-hybridized carbons (Fsp3) is 0.538. The van der Waals surface area contributed by atoms with Gasteiger partial charge in [0.25, 0.3) is 0 Å². The summed E-state index contributed by atoms with van der Waals surface area (Å²) >= 11 is 0. The smallest absolute Gasteiger partial charge is 0.320 e. The Hall–Kier alpha value is -1.78. The molecule has 0 spiro atoms. The Morgan fingerprint density at radius 1 is 1.33 bits per heavy atom. The summed E-state index contributed by atoms with van der Waals surface area (Å²) in [6.45, 7) is 8.75. The summed E-state index contributed by atoms with van der Waals surface area (Å²) in [5.41, 5.74) is 0. The summed E-state index contributed by atoms with van der Waals surface area (Å²) in [6, 6.07) is -0.314. The first-order chi connectivity index (χ1) is 8.60. The van der Waals surface area contributed by atoms with Crippen molar-refractivity contribution in [1.82, 2.24) is 9.80 Å². The maximum Gasteiger partial charge on any atom is 0.320 e. The molecule has 0 bridgehead atoms. The molecule has 1 fully saturated rings. The van der Waals surface area contributed by atoms with Crippen molar-refractivity contribution in [3.63, 3.8) is 0 Å².